The van der Waals surface area contributed by atoms with Gasteiger partial charge in [0.2, 0.25) is 5.78 Å². The highest BCUT2D eigenvalue weighted by molar-refractivity contribution is 6.07. The third kappa shape index (κ3) is 2.98. The molecule has 0 heterocycles. The maximum atomic E-state index is 11.5. The number of rotatable bonds is 3. The molecule has 0 saturated heterocycles. The normalized spacial score (nSPS) is 12.6. The summed E-state index contributed by atoms with van der Waals surface area (Å²) in [6.07, 6.45) is 2.41. The zero-order chi connectivity index (χ0) is 11.3. The van der Waals surface area contributed by atoms with E-state index in [1.54, 1.807) is 37.3 Å². The van der Waals surface area contributed by atoms with E-state index in [1.165, 1.54) is 6.08 Å². The lowest BCUT2D eigenvalue weighted by Gasteiger charge is -1.99. The van der Waals surface area contributed by atoms with E-state index in [0.29, 0.717) is 5.56 Å². The molecule has 2 N–H and O–H groups in total. The van der Waals surface area contributed by atoms with Crippen LogP contribution in [0.15, 0.2) is 54.0 Å². The molecule has 1 rings (SSSR count). The van der Waals surface area contributed by atoms with E-state index >= 15 is 0 Å². The Morgan fingerprint density at radius 2 is 1.80 bits per heavy atom. The molecular weight excluding hydrogens is 192 g/mol. The molecule has 0 spiro atoms. The molecule has 3 nitrogen and oxygen atoms in total. The average molecular weight is 204 g/mol. The minimum absolute atomic E-state index is 0.142. The molecule has 0 unspecified atom stereocenters. The first kappa shape index (κ1) is 11.0. The second kappa shape index (κ2) is 5.00. The van der Waals surface area contributed by atoms with Crippen LogP contribution in [0.5, 0.6) is 0 Å². The van der Waals surface area contributed by atoms with Crippen LogP contribution in [0.2, 0.25) is 0 Å². The van der Waals surface area contributed by atoms with Crippen LogP contribution in [-0.4, -0.2) is 16.0 Å². The SMILES string of the molecule is C/C=C(O)/C=C(\O)C(=O)c1ccccc1. The first-order valence-corrected chi connectivity index (χ1v) is 4.51. The van der Waals surface area contributed by atoms with Crippen LogP contribution in [0.25, 0.3) is 0 Å². The highest BCUT2D eigenvalue weighted by Gasteiger charge is 2.10. The number of allylic oxidation sites excluding steroid dienone is 3. The largest absolute Gasteiger partial charge is 0.508 e. The number of Topliss-reactive ketones (excluding diaryl/α,β-unsaturated/α-hetero) is 1. The monoisotopic (exact) mass is 204 g/mol. The van der Waals surface area contributed by atoms with Crippen LogP contribution in [0.3, 0.4) is 0 Å². The van der Waals surface area contributed by atoms with Gasteiger partial charge in [-0.05, 0) is 13.0 Å². The predicted octanol–water partition coefficient (Wildman–Crippen LogP) is 2.77. The van der Waals surface area contributed by atoms with E-state index in [4.69, 9.17) is 5.11 Å². The second-order valence-corrected chi connectivity index (χ2v) is 2.94. The standard InChI is InChI=1S/C12H12O3/c1-2-10(13)8-11(14)12(15)9-6-4-3-5-7-9/h2-8,13-14H,1H3/b10-2-,11-8-. The second-order valence-electron chi connectivity index (χ2n) is 2.94. The topological polar surface area (TPSA) is 57.5 Å². The van der Waals surface area contributed by atoms with Crippen LogP contribution < -0.4 is 0 Å². The van der Waals surface area contributed by atoms with Crippen molar-refractivity contribution in [3.05, 3.63) is 59.6 Å². The molecule has 3 heteroatoms. The van der Waals surface area contributed by atoms with Gasteiger partial charge in [0, 0.05) is 11.6 Å². The molecule has 0 atom stereocenters. The van der Waals surface area contributed by atoms with E-state index in [2.05, 4.69) is 0 Å². The summed E-state index contributed by atoms with van der Waals surface area (Å²) in [5.74, 6) is -1.13. The third-order valence-electron chi connectivity index (χ3n) is 1.85. The van der Waals surface area contributed by atoms with Gasteiger partial charge >= 0.3 is 0 Å². The number of hydrogen-bond acceptors (Lipinski definition) is 3. The van der Waals surface area contributed by atoms with Crippen LogP contribution in [-0.2, 0) is 0 Å². The van der Waals surface area contributed by atoms with Crippen molar-refractivity contribution in [2.24, 2.45) is 0 Å². The minimum Gasteiger partial charge on any atom is -0.508 e. The molecule has 78 valence electrons. The fourth-order valence-corrected chi connectivity index (χ4v) is 1.03. The third-order valence-corrected chi connectivity index (χ3v) is 1.85. The minimum atomic E-state index is -0.510. The van der Waals surface area contributed by atoms with Gasteiger partial charge in [0.15, 0.2) is 5.76 Å². The number of benzene rings is 1. The molecule has 1 aromatic rings. The van der Waals surface area contributed by atoms with Crippen LogP contribution >= 0.6 is 0 Å². The molecular formula is C12H12O3. The van der Waals surface area contributed by atoms with Gasteiger partial charge in [-0.25, -0.2) is 0 Å². The number of aliphatic hydroxyl groups is 2. The highest BCUT2D eigenvalue weighted by atomic mass is 16.3. The number of carbonyl (C=O) groups is 1. The van der Waals surface area contributed by atoms with E-state index in [-0.39, 0.29) is 5.76 Å². The molecule has 0 aliphatic carbocycles. The fraction of sp³-hybridized carbons (Fsp3) is 0.0833. The van der Waals surface area contributed by atoms with Gasteiger partial charge in [0.1, 0.15) is 5.76 Å². The number of aliphatic hydroxyl groups excluding tert-OH is 2. The van der Waals surface area contributed by atoms with Gasteiger partial charge < -0.3 is 10.2 Å². The smallest absolute Gasteiger partial charge is 0.227 e. The van der Waals surface area contributed by atoms with E-state index < -0.39 is 11.5 Å². The van der Waals surface area contributed by atoms with Crippen molar-refractivity contribution < 1.29 is 15.0 Å². The summed E-state index contributed by atoms with van der Waals surface area (Å²) in [6.45, 7) is 1.60. The predicted molar refractivity (Wildman–Crippen MR) is 57.9 cm³/mol. The zero-order valence-corrected chi connectivity index (χ0v) is 8.34. The Labute approximate surface area is 88.0 Å². The molecule has 0 fully saturated rings. The van der Waals surface area contributed by atoms with Crippen molar-refractivity contribution in [3.63, 3.8) is 0 Å². The van der Waals surface area contributed by atoms with Crippen molar-refractivity contribution >= 4 is 5.78 Å². The van der Waals surface area contributed by atoms with Crippen molar-refractivity contribution in [1.29, 1.82) is 0 Å². The summed E-state index contributed by atoms with van der Waals surface area (Å²) >= 11 is 0. The Balaban J connectivity index is 2.92. The molecule has 15 heavy (non-hydrogen) atoms. The van der Waals surface area contributed by atoms with Gasteiger partial charge in [-0.15, -0.1) is 0 Å². The first-order chi connectivity index (χ1) is 7.15. The van der Waals surface area contributed by atoms with Gasteiger partial charge in [0.25, 0.3) is 0 Å². The lowest BCUT2D eigenvalue weighted by Crippen LogP contribution is -2.02. The Kier molecular flexibility index (Phi) is 3.68. The van der Waals surface area contributed by atoms with E-state index in [9.17, 15) is 9.90 Å². The van der Waals surface area contributed by atoms with E-state index in [0.717, 1.165) is 6.08 Å². The quantitative estimate of drug-likeness (QED) is 0.344. The van der Waals surface area contributed by atoms with Gasteiger partial charge in [-0.2, -0.15) is 0 Å². The average Bonchev–Trinajstić information content (AvgIpc) is 2.29. The molecule has 0 aliphatic rings. The van der Waals surface area contributed by atoms with Crippen molar-refractivity contribution in [1.82, 2.24) is 0 Å². The molecule has 0 amide bonds. The molecule has 0 bridgehead atoms. The molecule has 0 saturated carbocycles. The molecule has 0 aliphatic heterocycles. The summed E-state index contributed by atoms with van der Waals surface area (Å²) in [7, 11) is 0. The molecule has 0 aromatic heterocycles. The maximum Gasteiger partial charge on any atom is 0.227 e. The summed E-state index contributed by atoms with van der Waals surface area (Å²) < 4.78 is 0. The Bertz CT molecular complexity index is 402. The lowest BCUT2D eigenvalue weighted by atomic mass is 10.1. The summed E-state index contributed by atoms with van der Waals surface area (Å²) in [5.41, 5.74) is 0.384. The number of ketones is 1. The van der Waals surface area contributed by atoms with Crippen LogP contribution in [0.4, 0.5) is 0 Å². The van der Waals surface area contributed by atoms with Crippen molar-refractivity contribution in [2.45, 2.75) is 6.92 Å². The highest BCUT2D eigenvalue weighted by Crippen LogP contribution is 2.07. The van der Waals surface area contributed by atoms with Crippen LogP contribution in [0, 0.1) is 0 Å². The lowest BCUT2D eigenvalue weighted by molar-refractivity contribution is 0.0976. The maximum absolute atomic E-state index is 11.5. The summed E-state index contributed by atoms with van der Waals surface area (Å²) in [4.78, 5) is 11.5. The Morgan fingerprint density at radius 1 is 1.20 bits per heavy atom. The molecule has 0 radical (unpaired) electrons. The van der Waals surface area contributed by atoms with Crippen molar-refractivity contribution in [3.8, 4) is 0 Å². The first-order valence-electron chi connectivity index (χ1n) is 4.51. The van der Waals surface area contributed by atoms with E-state index in [1.807, 2.05) is 0 Å². The van der Waals surface area contributed by atoms with Crippen molar-refractivity contribution in [2.75, 3.05) is 0 Å². The fourth-order valence-electron chi connectivity index (χ4n) is 1.03. The number of hydrogen-bond donors (Lipinski definition) is 2. The summed E-state index contributed by atoms with van der Waals surface area (Å²) in [5, 5.41) is 18.5. The van der Waals surface area contributed by atoms with Gasteiger partial charge in [-0.3, -0.25) is 4.79 Å². The van der Waals surface area contributed by atoms with Gasteiger partial charge in [0.05, 0.1) is 0 Å². The van der Waals surface area contributed by atoms with Crippen LogP contribution in [0.1, 0.15) is 17.3 Å². The molecule has 1 aromatic carbocycles. The van der Waals surface area contributed by atoms with Gasteiger partial charge in [-0.1, -0.05) is 30.3 Å². The number of carbonyl (C=O) groups excluding carboxylic acids is 1. The summed E-state index contributed by atoms with van der Waals surface area (Å²) in [6, 6.07) is 8.38. The Morgan fingerprint density at radius 3 is 2.33 bits per heavy atom. The Hall–Kier alpha value is -2.03. The zero-order valence-electron chi connectivity index (χ0n) is 8.34.